The Hall–Kier alpha value is -1.70. The summed E-state index contributed by atoms with van der Waals surface area (Å²) in [7, 11) is 0. The minimum Gasteiger partial charge on any atom is -0.254 e. The van der Waals surface area contributed by atoms with Gasteiger partial charge in [0.25, 0.3) is 0 Å². The first-order valence-electron chi connectivity index (χ1n) is 6.88. The van der Waals surface area contributed by atoms with Gasteiger partial charge in [-0.1, -0.05) is 12.1 Å². The lowest BCUT2D eigenvalue weighted by atomic mass is 9.88. The monoisotopic (exact) mass is 236 g/mol. The normalized spacial score (nSPS) is 16.7. The molecule has 0 fully saturated rings. The Morgan fingerprint density at radius 2 is 1.72 bits per heavy atom. The average Bonchev–Trinajstić information content (AvgIpc) is 2.45. The van der Waals surface area contributed by atoms with Crippen molar-refractivity contribution < 1.29 is 0 Å². The van der Waals surface area contributed by atoms with E-state index in [-0.39, 0.29) is 0 Å². The smallest absolute Gasteiger partial charge is 0.0924 e. The van der Waals surface area contributed by atoms with E-state index in [0.29, 0.717) is 0 Å². The van der Waals surface area contributed by atoms with Crippen LogP contribution in [0.5, 0.6) is 0 Å². The van der Waals surface area contributed by atoms with Crippen molar-refractivity contribution in [3.63, 3.8) is 0 Å². The van der Waals surface area contributed by atoms with Gasteiger partial charge in [-0.2, -0.15) is 0 Å². The number of aryl methyl sites for hydroxylation is 4. The summed E-state index contributed by atoms with van der Waals surface area (Å²) in [6.45, 7) is 0. The van der Waals surface area contributed by atoms with Crippen molar-refractivity contribution in [2.75, 3.05) is 0 Å². The molecule has 4 rings (SSSR count). The molecule has 2 aliphatic rings. The molecular weight excluding hydrogens is 220 g/mol. The van der Waals surface area contributed by atoms with Crippen LogP contribution < -0.4 is 0 Å². The molecule has 0 unspecified atom stereocenters. The number of nitrogens with zero attached hydrogens (tertiary/aromatic N) is 2. The molecule has 2 nitrogen and oxygen atoms in total. The number of pyridine rings is 2. The van der Waals surface area contributed by atoms with Gasteiger partial charge >= 0.3 is 0 Å². The second kappa shape index (κ2) is 3.91. The molecule has 18 heavy (non-hydrogen) atoms. The van der Waals surface area contributed by atoms with Crippen LogP contribution in [0.15, 0.2) is 24.4 Å². The van der Waals surface area contributed by atoms with Crippen molar-refractivity contribution in [2.24, 2.45) is 0 Å². The third-order valence-corrected chi connectivity index (χ3v) is 4.16. The van der Waals surface area contributed by atoms with Gasteiger partial charge in [0.1, 0.15) is 0 Å². The zero-order valence-corrected chi connectivity index (χ0v) is 10.4. The van der Waals surface area contributed by atoms with E-state index >= 15 is 0 Å². The van der Waals surface area contributed by atoms with Gasteiger partial charge in [-0.25, -0.2) is 0 Å². The summed E-state index contributed by atoms with van der Waals surface area (Å²) in [6.07, 6.45) is 9.08. The van der Waals surface area contributed by atoms with E-state index in [9.17, 15) is 0 Å². The van der Waals surface area contributed by atoms with Gasteiger partial charge in [-0.15, -0.1) is 0 Å². The van der Waals surface area contributed by atoms with Gasteiger partial charge in [-0.3, -0.25) is 9.97 Å². The Morgan fingerprint density at radius 1 is 0.833 bits per heavy atom. The molecule has 0 aromatic carbocycles. The lowest BCUT2D eigenvalue weighted by Crippen LogP contribution is -2.13. The van der Waals surface area contributed by atoms with Crippen molar-refractivity contribution in [1.29, 1.82) is 0 Å². The summed E-state index contributed by atoms with van der Waals surface area (Å²) >= 11 is 0. The van der Waals surface area contributed by atoms with Crippen LogP contribution in [0.1, 0.15) is 35.2 Å². The number of fused-ring (bicyclic) bond motifs is 4. The van der Waals surface area contributed by atoms with E-state index in [4.69, 9.17) is 4.98 Å². The minimum absolute atomic E-state index is 1.11. The Labute approximate surface area is 107 Å². The van der Waals surface area contributed by atoms with Gasteiger partial charge < -0.3 is 0 Å². The maximum absolute atomic E-state index is 4.93. The van der Waals surface area contributed by atoms with Crippen molar-refractivity contribution >= 4 is 0 Å². The second-order valence-corrected chi connectivity index (χ2v) is 5.32. The molecule has 0 spiro atoms. The molecule has 0 atom stereocenters. The van der Waals surface area contributed by atoms with Crippen LogP contribution in [0.4, 0.5) is 0 Å². The average molecular weight is 236 g/mol. The zero-order chi connectivity index (χ0) is 11.9. The van der Waals surface area contributed by atoms with Crippen LogP contribution in [-0.4, -0.2) is 9.97 Å². The van der Waals surface area contributed by atoms with Crippen LogP contribution in [0.2, 0.25) is 0 Å². The van der Waals surface area contributed by atoms with E-state index in [1.807, 2.05) is 12.3 Å². The number of hydrogen-bond donors (Lipinski definition) is 0. The third-order valence-electron chi connectivity index (χ3n) is 4.16. The number of aromatic nitrogens is 2. The summed E-state index contributed by atoms with van der Waals surface area (Å²) in [6, 6.07) is 6.61. The summed E-state index contributed by atoms with van der Waals surface area (Å²) in [5.41, 5.74) is 7.83. The van der Waals surface area contributed by atoms with Crippen LogP contribution in [0.3, 0.4) is 0 Å². The first-order valence-corrected chi connectivity index (χ1v) is 6.88. The molecular formula is C16H16N2. The van der Waals surface area contributed by atoms with Crippen LogP contribution in [-0.2, 0) is 25.7 Å². The Balaban J connectivity index is 1.93. The van der Waals surface area contributed by atoms with E-state index in [0.717, 1.165) is 30.7 Å². The predicted molar refractivity (Wildman–Crippen MR) is 71.5 cm³/mol. The molecule has 2 aliphatic carbocycles. The molecule has 0 aliphatic heterocycles. The molecule has 2 aromatic heterocycles. The Morgan fingerprint density at radius 3 is 2.72 bits per heavy atom. The maximum atomic E-state index is 4.93. The summed E-state index contributed by atoms with van der Waals surface area (Å²) < 4.78 is 0. The standard InChI is InChI=1S/C16H16N2/c1-2-6-14-12(4-1)10-13-8-7-11-5-3-9-17-15(11)16(13)18-14/h3,5,9-10H,1-2,4,6-8H2. The fourth-order valence-electron chi connectivity index (χ4n) is 3.20. The highest BCUT2D eigenvalue weighted by atomic mass is 14.8. The van der Waals surface area contributed by atoms with E-state index in [1.165, 1.54) is 41.6 Å². The SMILES string of the molecule is c1cnc2c(c1)CCc1cc3c(nc1-2)CCCC3. The minimum atomic E-state index is 1.11. The van der Waals surface area contributed by atoms with E-state index < -0.39 is 0 Å². The first kappa shape index (κ1) is 10.2. The van der Waals surface area contributed by atoms with Gasteiger partial charge in [-0.05, 0) is 61.3 Å². The quantitative estimate of drug-likeness (QED) is 0.702. The molecule has 2 heteroatoms. The number of rotatable bonds is 0. The molecule has 0 N–H and O–H groups in total. The highest BCUT2D eigenvalue weighted by Crippen LogP contribution is 2.33. The van der Waals surface area contributed by atoms with Gasteiger partial charge in [0.05, 0.1) is 11.4 Å². The maximum Gasteiger partial charge on any atom is 0.0924 e. The molecule has 0 amide bonds. The van der Waals surface area contributed by atoms with E-state index in [2.05, 4.69) is 17.1 Å². The Kier molecular flexibility index (Phi) is 2.22. The number of hydrogen-bond acceptors (Lipinski definition) is 2. The van der Waals surface area contributed by atoms with E-state index in [1.54, 1.807) is 0 Å². The second-order valence-electron chi connectivity index (χ2n) is 5.32. The lowest BCUT2D eigenvalue weighted by molar-refractivity contribution is 0.665. The lowest BCUT2D eigenvalue weighted by Gasteiger charge is -2.22. The molecule has 0 saturated heterocycles. The molecule has 0 saturated carbocycles. The molecule has 2 heterocycles. The fraction of sp³-hybridized carbons (Fsp3) is 0.375. The fourth-order valence-corrected chi connectivity index (χ4v) is 3.20. The third kappa shape index (κ3) is 1.48. The molecule has 0 bridgehead atoms. The van der Waals surface area contributed by atoms with Crippen LogP contribution in [0.25, 0.3) is 11.4 Å². The van der Waals surface area contributed by atoms with Crippen LogP contribution >= 0.6 is 0 Å². The topological polar surface area (TPSA) is 25.8 Å². The summed E-state index contributed by atoms with van der Waals surface area (Å²) in [5.74, 6) is 0. The molecule has 0 radical (unpaired) electrons. The molecule has 2 aromatic rings. The van der Waals surface area contributed by atoms with Crippen molar-refractivity contribution in [3.8, 4) is 11.4 Å². The first-order chi connectivity index (χ1) is 8.92. The van der Waals surface area contributed by atoms with Gasteiger partial charge in [0, 0.05) is 11.9 Å². The Bertz CT molecular complexity index is 616. The highest BCUT2D eigenvalue weighted by Gasteiger charge is 2.21. The summed E-state index contributed by atoms with van der Waals surface area (Å²) in [5, 5.41) is 0. The zero-order valence-electron chi connectivity index (χ0n) is 10.4. The van der Waals surface area contributed by atoms with Gasteiger partial charge in [0.2, 0.25) is 0 Å². The summed E-state index contributed by atoms with van der Waals surface area (Å²) in [4.78, 5) is 9.48. The van der Waals surface area contributed by atoms with Gasteiger partial charge in [0.15, 0.2) is 0 Å². The predicted octanol–water partition coefficient (Wildman–Crippen LogP) is 3.12. The largest absolute Gasteiger partial charge is 0.254 e. The highest BCUT2D eigenvalue weighted by molar-refractivity contribution is 5.66. The molecule has 90 valence electrons. The van der Waals surface area contributed by atoms with Crippen molar-refractivity contribution in [2.45, 2.75) is 38.5 Å². The van der Waals surface area contributed by atoms with Crippen molar-refractivity contribution in [1.82, 2.24) is 9.97 Å². The van der Waals surface area contributed by atoms with Crippen molar-refractivity contribution in [3.05, 3.63) is 46.8 Å². The van der Waals surface area contributed by atoms with Crippen LogP contribution in [0, 0.1) is 0 Å².